The molecule has 0 unspecified atom stereocenters. The second-order valence-corrected chi connectivity index (χ2v) is 34.7. The monoisotopic (exact) mass is 1590 g/mol. The number of benzene rings is 12. The van der Waals surface area contributed by atoms with Crippen molar-refractivity contribution in [1.29, 1.82) is 0 Å². The first-order valence-electron chi connectivity index (χ1n) is 30.1. The normalized spacial score (nSPS) is 11.8. The van der Waals surface area contributed by atoms with Crippen molar-refractivity contribution in [3.63, 3.8) is 0 Å². The summed E-state index contributed by atoms with van der Waals surface area (Å²) >= 11 is -0.691. The quantitative estimate of drug-likeness (QED) is 0.0978. The molecule has 0 aromatic heterocycles. The summed E-state index contributed by atoms with van der Waals surface area (Å²) in [6, 6.07) is 113. The van der Waals surface area contributed by atoms with Crippen molar-refractivity contribution in [1.82, 2.24) is 0 Å². The van der Waals surface area contributed by atoms with E-state index < -0.39 is 31.7 Å². The number of nitrogens with two attached hydrogens (primary N) is 1. The predicted molar refractivity (Wildman–Crippen MR) is 398 cm³/mol. The molecule has 0 aliphatic carbocycles. The Bertz CT molecular complexity index is 3490. The van der Waals surface area contributed by atoms with Gasteiger partial charge in [-0.25, -0.2) is 0 Å². The minimum Gasteiger partial charge on any atom is -0.489 e. The molecule has 0 fully saturated rings. The smallest absolute Gasteiger partial charge is 0.128 e. The zero-order valence-corrected chi connectivity index (χ0v) is 62.3. The van der Waals surface area contributed by atoms with Crippen LogP contribution in [0.2, 0.25) is 0 Å². The Morgan fingerprint density at radius 2 is 0.383 bits per heavy atom. The average Bonchev–Trinajstić information content (AvgIpc) is 0.756. The zero-order valence-electron chi connectivity index (χ0n) is 51.4. The number of rotatable bonds is 12. The average molecular weight is 1590 g/mol. The minimum atomic E-state index is -0.874. The van der Waals surface area contributed by atoms with Crippen LogP contribution in [0.4, 0.5) is 0 Å². The van der Waals surface area contributed by atoms with E-state index in [4.69, 9.17) is 57.7 Å². The molecule has 5 nitrogen and oxygen atoms in total. The summed E-state index contributed by atoms with van der Waals surface area (Å²) in [6.07, 6.45) is 0. The Morgan fingerprint density at radius 3 is 0.521 bits per heavy atom. The number of halogens is 5. The summed E-state index contributed by atoms with van der Waals surface area (Å²) < 4.78 is 25.9. The van der Waals surface area contributed by atoms with Crippen LogP contribution in [0.3, 0.4) is 0 Å². The first kappa shape index (κ1) is 72.5. The third kappa shape index (κ3) is 18.4. The number of ether oxygens (including phenoxy) is 4. The van der Waals surface area contributed by atoms with Gasteiger partial charge < -0.3 is 36.7 Å². The maximum atomic E-state index is 6.49. The molecule has 2 N–H and O–H groups in total. The molecule has 2 heterocycles. The molecule has 0 amide bonds. The van der Waals surface area contributed by atoms with E-state index in [0.29, 0.717) is 26.4 Å². The Hall–Kier alpha value is -5.78. The van der Waals surface area contributed by atoms with Crippen molar-refractivity contribution in [3.8, 4) is 45.3 Å². The van der Waals surface area contributed by atoms with Crippen molar-refractivity contribution in [2.75, 3.05) is 40.5 Å². The van der Waals surface area contributed by atoms with Gasteiger partial charge in [-0.1, -0.05) is 291 Å². The summed E-state index contributed by atoms with van der Waals surface area (Å²) in [5.74, 6) is 3.67. The van der Waals surface area contributed by atoms with Crippen LogP contribution >= 0.6 is 70.5 Å². The fourth-order valence-electron chi connectivity index (χ4n) is 11.2. The van der Waals surface area contributed by atoms with E-state index in [1.54, 1.807) is 0 Å². The van der Waals surface area contributed by atoms with Crippen molar-refractivity contribution in [3.05, 3.63) is 315 Å². The predicted octanol–water partition coefficient (Wildman–Crippen LogP) is 11.8. The fourth-order valence-corrected chi connectivity index (χ4v) is 21.1. The molecule has 2 aliphatic heterocycles. The van der Waals surface area contributed by atoms with Gasteiger partial charge in [0.05, 0.1) is 14.1 Å². The molecule has 12 aromatic carbocycles. The molecule has 2 aliphatic rings. The summed E-state index contributed by atoms with van der Waals surface area (Å²) in [7, 11) is 19.9. The molecule has 0 saturated carbocycles. The van der Waals surface area contributed by atoms with Gasteiger partial charge in [-0.2, -0.15) is 0 Å². The number of hydrogen-bond donors (Lipinski definition) is 1. The van der Waals surface area contributed by atoms with Crippen LogP contribution in [0, 0.1) is 0 Å². The van der Waals surface area contributed by atoms with Crippen molar-refractivity contribution in [2.45, 2.75) is 0 Å². The van der Waals surface area contributed by atoms with E-state index in [2.05, 4.69) is 315 Å². The summed E-state index contributed by atoms with van der Waals surface area (Å²) in [5, 5.41) is 17.6. The Kier molecular flexibility index (Phi) is 29.9. The zero-order chi connectivity index (χ0) is 64.4. The molecule has 0 radical (unpaired) electrons. The Balaban J connectivity index is 0.000000195. The van der Waals surface area contributed by atoms with Crippen molar-refractivity contribution >= 4 is 134 Å². The third-order valence-corrected chi connectivity index (χ3v) is 24.7. The van der Waals surface area contributed by atoms with Gasteiger partial charge in [-0.15, -0.1) is 0 Å². The topological polar surface area (TPSA) is 53.5 Å². The van der Waals surface area contributed by atoms with Crippen LogP contribution in [0.5, 0.6) is 23.0 Å². The molecular formula is C78H68Cl5NO4P4Ru2. The number of fused-ring (bicyclic) bond motifs is 6. The van der Waals surface area contributed by atoms with Gasteiger partial charge in [-0.3, -0.25) is 0 Å². The van der Waals surface area contributed by atoms with E-state index in [1.807, 2.05) is 19.4 Å². The molecule has 0 bridgehead atoms. The van der Waals surface area contributed by atoms with Gasteiger partial charge in [0, 0.05) is 22.3 Å². The molecule has 12 aromatic rings. The standard InChI is InChI=1S/2C38H30O2P2.C2H7N.5ClH.2Ru/c2*1-5-15-29(16-6-1)41(30-17-7-2-8-18-30)35-25-13-23-33-37(35)38-34(40-28-27-39-33)24-14-26-36(38)42(31-19-9-3-10-20-31)32-21-11-4-12-22-32;1-3-2;;;;;;;/h2*1-26H,27-28H2;3H,1-2H3;5*1H;;/q;;;;;;;;2*+2/p-4. The van der Waals surface area contributed by atoms with Crippen LogP contribution in [0.1, 0.15) is 0 Å². The van der Waals surface area contributed by atoms with Crippen LogP contribution in [-0.4, -0.2) is 40.5 Å². The third-order valence-electron chi connectivity index (χ3n) is 14.8. The second kappa shape index (κ2) is 38.8. The molecule has 16 heteroatoms. The van der Waals surface area contributed by atoms with Gasteiger partial charge in [-0.05, 0) is 120 Å². The number of quaternary nitrogens is 1. The SMILES string of the molecule is C[NH2+]C.[Cl-].[Cl][Ru][Cl].[Cl][Ru][Cl].c1ccc(P(c2ccccc2)c2cccc3c2-c2c(cccc2P(c2ccccc2)c2ccccc2)OCCO3)cc1.c1ccc(P(c2ccccc2)c2cccc3c2-c2c(cccc2P(c2ccccc2)c2ccccc2)OCCO3)cc1. The van der Waals surface area contributed by atoms with Crippen LogP contribution in [-0.2, 0) is 30.3 Å². The number of hydrogen-bond acceptors (Lipinski definition) is 4. The molecule has 0 spiro atoms. The van der Waals surface area contributed by atoms with Gasteiger partial charge in [0.15, 0.2) is 0 Å². The van der Waals surface area contributed by atoms with Crippen molar-refractivity contribution < 1.29 is 67.0 Å². The van der Waals surface area contributed by atoms with Crippen LogP contribution in [0.25, 0.3) is 22.3 Å². The minimum absolute atomic E-state index is 0. The Labute approximate surface area is 596 Å². The van der Waals surface area contributed by atoms with E-state index in [-0.39, 0.29) is 42.7 Å². The van der Waals surface area contributed by atoms with Gasteiger partial charge in [0.1, 0.15) is 49.4 Å². The summed E-state index contributed by atoms with van der Waals surface area (Å²) in [4.78, 5) is 0. The molecule has 94 heavy (non-hydrogen) atoms. The summed E-state index contributed by atoms with van der Waals surface area (Å²) in [6.45, 7) is 2.00. The molecule has 0 atom stereocenters. The van der Waals surface area contributed by atoms with E-state index in [9.17, 15) is 0 Å². The molecule has 0 saturated heterocycles. The maximum Gasteiger partial charge on any atom is 0.128 e. The van der Waals surface area contributed by atoms with Crippen molar-refractivity contribution in [2.24, 2.45) is 0 Å². The molecule has 14 rings (SSSR count). The first-order valence-corrected chi connectivity index (χ1v) is 44.4. The van der Waals surface area contributed by atoms with E-state index in [1.165, 1.54) is 63.7 Å². The van der Waals surface area contributed by atoms with Crippen LogP contribution < -0.4 is 100 Å². The maximum absolute atomic E-state index is 6.49. The van der Waals surface area contributed by atoms with Gasteiger partial charge in [0.25, 0.3) is 0 Å². The van der Waals surface area contributed by atoms with Gasteiger partial charge >= 0.3 is 69.1 Å². The second-order valence-electron chi connectivity index (χ2n) is 20.7. The molecule has 480 valence electrons. The first-order chi connectivity index (χ1) is 46.0. The van der Waals surface area contributed by atoms with Gasteiger partial charge in [0.2, 0.25) is 0 Å². The molecular weight excluding hydrogens is 1520 g/mol. The largest absolute Gasteiger partial charge is 0.489 e. The van der Waals surface area contributed by atoms with Crippen LogP contribution in [0.15, 0.2) is 315 Å². The van der Waals surface area contributed by atoms with E-state index >= 15 is 0 Å². The fraction of sp³-hybridized carbons (Fsp3) is 0.0769. The Morgan fingerprint density at radius 1 is 0.245 bits per heavy atom. The summed E-state index contributed by atoms with van der Waals surface area (Å²) in [5.41, 5.74) is 4.56. The van der Waals surface area contributed by atoms with E-state index in [0.717, 1.165) is 45.3 Å².